The molecule has 0 aliphatic rings. The van der Waals surface area contributed by atoms with Gasteiger partial charge in [0, 0.05) is 12.8 Å². The van der Waals surface area contributed by atoms with Crippen LogP contribution in [0.15, 0.2) is 24.3 Å². The summed E-state index contributed by atoms with van der Waals surface area (Å²) < 4.78 is 13.4. The van der Waals surface area contributed by atoms with Crippen molar-refractivity contribution in [2.45, 2.75) is 39.3 Å². The highest BCUT2D eigenvalue weighted by atomic mass is 19.1. The number of alkyl halides is 1. The third-order valence-corrected chi connectivity index (χ3v) is 2.07. The zero-order chi connectivity index (χ0) is 11.5. The second-order valence-electron chi connectivity index (χ2n) is 4.59. The van der Waals surface area contributed by atoms with E-state index in [9.17, 15) is 9.18 Å². The molecule has 0 bridgehead atoms. The van der Waals surface area contributed by atoms with Crippen molar-refractivity contribution in [1.29, 1.82) is 0 Å². The first-order chi connectivity index (χ1) is 6.87. The monoisotopic (exact) mass is 208 g/mol. The van der Waals surface area contributed by atoms with Gasteiger partial charge >= 0.3 is 0 Å². The maximum absolute atomic E-state index is 13.4. The number of benzene rings is 1. The van der Waals surface area contributed by atoms with Gasteiger partial charge in [-0.05, 0) is 31.9 Å². The van der Waals surface area contributed by atoms with E-state index in [1.807, 2.05) is 24.3 Å². The lowest BCUT2D eigenvalue weighted by atomic mass is 9.97. The molecule has 0 saturated heterocycles. The molecule has 82 valence electrons. The van der Waals surface area contributed by atoms with Crippen molar-refractivity contribution in [2.24, 2.45) is 0 Å². The molecule has 0 atom stereocenters. The first-order valence-corrected chi connectivity index (χ1v) is 5.13. The van der Waals surface area contributed by atoms with Gasteiger partial charge in [0.05, 0.1) is 0 Å². The fourth-order valence-corrected chi connectivity index (χ4v) is 1.62. The topological polar surface area (TPSA) is 17.1 Å². The Hall–Kier alpha value is -1.18. The summed E-state index contributed by atoms with van der Waals surface area (Å²) in [5.74, 6) is 0.131. The number of halogens is 1. The zero-order valence-electron chi connectivity index (χ0n) is 9.51. The molecule has 0 aliphatic heterocycles. The van der Waals surface area contributed by atoms with Gasteiger partial charge in [0.1, 0.15) is 11.5 Å². The summed E-state index contributed by atoms with van der Waals surface area (Å²) >= 11 is 0. The number of ketones is 1. The van der Waals surface area contributed by atoms with E-state index in [1.165, 1.54) is 0 Å². The third-order valence-electron chi connectivity index (χ3n) is 2.07. The fourth-order valence-electron chi connectivity index (χ4n) is 1.62. The predicted molar refractivity (Wildman–Crippen MR) is 59.7 cm³/mol. The first kappa shape index (κ1) is 11.9. The molecule has 0 radical (unpaired) electrons. The van der Waals surface area contributed by atoms with Crippen LogP contribution in [0.1, 0.15) is 31.9 Å². The molecule has 0 aliphatic carbocycles. The van der Waals surface area contributed by atoms with Gasteiger partial charge in [-0.15, -0.1) is 0 Å². The van der Waals surface area contributed by atoms with Crippen LogP contribution in [0.25, 0.3) is 0 Å². The Morgan fingerprint density at radius 1 is 1.33 bits per heavy atom. The van der Waals surface area contributed by atoms with Gasteiger partial charge in [-0.2, -0.15) is 0 Å². The molecule has 0 aromatic heterocycles. The minimum absolute atomic E-state index is 0.131. The minimum Gasteiger partial charge on any atom is -0.300 e. The molecule has 0 spiro atoms. The Morgan fingerprint density at radius 2 is 1.93 bits per heavy atom. The summed E-state index contributed by atoms with van der Waals surface area (Å²) in [6, 6.07) is 7.57. The van der Waals surface area contributed by atoms with Crippen LogP contribution in [0.3, 0.4) is 0 Å². The molecule has 0 N–H and O–H groups in total. The van der Waals surface area contributed by atoms with Crippen molar-refractivity contribution in [3.63, 3.8) is 0 Å². The molecule has 0 heterocycles. The van der Waals surface area contributed by atoms with Crippen LogP contribution < -0.4 is 0 Å². The molecule has 1 aromatic rings. The van der Waals surface area contributed by atoms with Gasteiger partial charge < -0.3 is 0 Å². The molecule has 1 aromatic carbocycles. The maximum Gasteiger partial charge on any atom is 0.134 e. The number of rotatable bonds is 4. The number of hydrogen-bond donors (Lipinski definition) is 0. The van der Waals surface area contributed by atoms with Gasteiger partial charge in [0.2, 0.25) is 0 Å². The van der Waals surface area contributed by atoms with Crippen LogP contribution in [0.4, 0.5) is 4.39 Å². The zero-order valence-corrected chi connectivity index (χ0v) is 9.51. The van der Waals surface area contributed by atoms with Crippen molar-refractivity contribution in [2.75, 3.05) is 0 Å². The van der Waals surface area contributed by atoms with E-state index in [4.69, 9.17) is 0 Å². The second-order valence-corrected chi connectivity index (χ2v) is 4.59. The Morgan fingerprint density at radius 3 is 2.47 bits per heavy atom. The number of hydrogen-bond acceptors (Lipinski definition) is 1. The van der Waals surface area contributed by atoms with Gasteiger partial charge in [0.25, 0.3) is 0 Å². The molecular weight excluding hydrogens is 191 g/mol. The molecule has 1 nitrogen and oxygen atoms in total. The van der Waals surface area contributed by atoms with Crippen molar-refractivity contribution >= 4 is 5.78 Å². The normalized spacial score (nSPS) is 11.5. The minimum atomic E-state index is -1.20. The Balaban J connectivity index is 2.79. The molecule has 0 saturated carbocycles. The second kappa shape index (κ2) is 4.56. The lowest BCUT2D eigenvalue weighted by molar-refractivity contribution is -0.116. The smallest absolute Gasteiger partial charge is 0.134 e. The largest absolute Gasteiger partial charge is 0.300 e. The van der Waals surface area contributed by atoms with E-state index in [-0.39, 0.29) is 5.78 Å². The van der Waals surface area contributed by atoms with Crippen LogP contribution in [-0.2, 0) is 17.6 Å². The highest BCUT2D eigenvalue weighted by Gasteiger charge is 2.16. The van der Waals surface area contributed by atoms with E-state index in [2.05, 4.69) is 0 Å². The van der Waals surface area contributed by atoms with E-state index < -0.39 is 5.67 Å². The average Bonchev–Trinajstić information content (AvgIpc) is 1.99. The first-order valence-electron chi connectivity index (χ1n) is 5.13. The van der Waals surface area contributed by atoms with E-state index in [0.29, 0.717) is 12.8 Å². The Bertz CT molecular complexity index is 350. The molecule has 15 heavy (non-hydrogen) atoms. The van der Waals surface area contributed by atoms with E-state index >= 15 is 0 Å². The highest BCUT2D eigenvalue weighted by Crippen LogP contribution is 2.17. The van der Waals surface area contributed by atoms with Gasteiger partial charge in [-0.3, -0.25) is 4.79 Å². The van der Waals surface area contributed by atoms with Crippen LogP contribution in [0.2, 0.25) is 0 Å². The standard InChI is InChI=1S/C13H17FO/c1-10(15)7-11-5-4-6-12(8-11)9-13(2,3)14/h4-6,8H,7,9H2,1-3H3. The fraction of sp³-hybridized carbons (Fsp3) is 0.462. The summed E-state index contributed by atoms with van der Waals surface area (Å²) in [5, 5.41) is 0. The quantitative estimate of drug-likeness (QED) is 0.743. The number of carbonyl (C=O) groups excluding carboxylic acids is 1. The van der Waals surface area contributed by atoms with E-state index in [0.717, 1.165) is 11.1 Å². The molecule has 0 fully saturated rings. The maximum atomic E-state index is 13.4. The van der Waals surface area contributed by atoms with Crippen LogP contribution >= 0.6 is 0 Å². The van der Waals surface area contributed by atoms with Crippen LogP contribution in [0.5, 0.6) is 0 Å². The summed E-state index contributed by atoms with van der Waals surface area (Å²) in [6.45, 7) is 4.68. The van der Waals surface area contributed by atoms with E-state index in [1.54, 1.807) is 20.8 Å². The SMILES string of the molecule is CC(=O)Cc1cccc(CC(C)(C)F)c1. The predicted octanol–water partition coefficient (Wildman–Crippen LogP) is 3.11. The summed E-state index contributed by atoms with van der Waals surface area (Å²) in [4.78, 5) is 10.9. The Labute approximate surface area is 90.3 Å². The molecular formula is C13H17FO. The third kappa shape index (κ3) is 4.73. The van der Waals surface area contributed by atoms with Crippen LogP contribution in [-0.4, -0.2) is 11.5 Å². The van der Waals surface area contributed by atoms with Crippen molar-refractivity contribution in [3.8, 4) is 0 Å². The lowest BCUT2D eigenvalue weighted by Crippen LogP contribution is -2.15. The molecule has 0 amide bonds. The Kier molecular flexibility index (Phi) is 3.61. The molecule has 1 rings (SSSR count). The summed E-state index contributed by atoms with van der Waals surface area (Å²) in [6.07, 6.45) is 0.819. The lowest BCUT2D eigenvalue weighted by Gasteiger charge is -2.14. The average molecular weight is 208 g/mol. The number of carbonyl (C=O) groups is 1. The molecule has 2 heteroatoms. The van der Waals surface area contributed by atoms with Crippen LogP contribution in [0, 0.1) is 0 Å². The highest BCUT2D eigenvalue weighted by molar-refractivity contribution is 5.78. The van der Waals surface area contributed by atoms with Crippen molar-refractivity contribution in [1.82, 2.24) is 0 Å². The summed E-state index contributed by atoms with van der Waals surface area (Å²) in [7, 11) is 0. The number of Topliss-reactive ketones (excluding diaryl/α,β-unsaturated/α-hetero) is 1. The van der Waals surface area contributed by atoms with Gasteiger partial charge in [-0.25, -0.2) is 4.39 Å². The van der Waals surface area contributed by atoms with Gasteiger partial charge in [0.15, 0.2) is 0 Å². The summed E-state index contributed by atoms with van der Waals surface area (Å²) in [5.41, 5.74) is 0.708. The molecule has 0 unspecified atom stereocenters. The van der Waals surface area contributed by atoms with Crippen molar-refractivity contribution in [3.05, 3.63) is 35.4 Å². The van der Waals surface area contributed by atoms with Crippen molar-refractivity contribution < 1.29 is 9.18 Å². The van der Waals surface area contributed by atoms with Gasteiger partial charge in [-0.1, -0.05) is 24.3 Å².